The molecule has 0 aliphatic heterocycles. The van der Waals surface area contributed by atoms with E-state index in [-0.39, 0.29) is 18.2 Å². The average Bonchev–Trinajstić information content (AvgIpc) is 3.34. The zero-order valence-corrected chi connectivity index (χ0v) is 22.1. The van der Waals surface area contributed by atoms with Crippen LogP contribution in [0.1, 0.15) is 34.9 Å². The fourth-order valence-corrected chi connectivity index (χ4v) is 4.63. The normalized spacial score (nSPS) is 11.2. The number of methoxy groups -OCH3 is 1. The summed E-state index contributed by atoms with van der Waals surface area (Å²) in [7, 11) is 3.64. The molecule has 0 saturated heterocycles. The largest absolute Gasteiger partial charge is 0.493 e. The lowest BCUT2D eigenvalue weighted by Gasteiger charge is -2.28. The van der Waals surface area contributed by atoms with Crippen molar-refractivity contribution in [3.63, 3.8) is 0 Å². The molecular formula is C31H36N4O3. The fourth-order valence-electron chi connectivity index (χ4n) is 4.63. The summed E-state index contributed by atoms with van der Waals surface area (Å²) in [5.41, 5.74) is 8.75. The summed E-state index contributed by atoms with van der Waals surface area (Å²) in [4.78, 5) is 18.4. The topological polar surface area (TPSA) is 82.6 Å². The number of nitrogens with zero attached hydrogens (tertiary/aromatic N) is 3. The van der Waals surface area contributed by atoms with Gasteiger partial charge in [-0.2, -0.15) is 0 Å². The van der Waals surface area contributed by atoms with Crippen molar-refractivity contribution < 1.29 is 14.3 Å². The number of primary amides is 1. The second-order valence-corrected chi connectivity index (χ2v) is 9.39. The first-order valence-corrected chi connectivity index (χ1v) is 12.9. The number of ether oxygens (including phenoxy) is 2. The first kappa shape index (κ1) is 26.9. The van der Waals surface area contributed by atoms with E-state index in [0.29, 0.717) is 18.1 Å². The number of hydrogen-bond donors (Lipinski definition) is 1. The Labute approximate surface area is 224 Å². The van der Waals surface area contributed by atoms with Crippen molar-refractivity contribution in [1.82, 2.24) is 14.5 Å². The Morgan fingerprint density at radius 2 is 1.68 bits per heavy atom. The van der Waals surface area contributed by atoms with Gasteiger partial charge in [-0.25, -0.2) is 4.98 Å². The molecular weight excluding hydrogens is 476 g/mol. The van der Waals surface area contributed by atoms with Crippen LogP contribution in [0.15, 0.2) is 91.3 Å². The van der Waals surface area contributed by atoms with E-state index in [2.05, 4.69) is 75.1 Å². The zero-order chi connectivity index (χ0) is 26.7. The highest BCUT2D eigenvalue weighted by atomic mass is 16.5. The molecule has 0 spiro atoms. The van der Waals surface area contributed by atoms with Crippen LogP contribution in [0.2, 0.25) is 0 Å². The number of hydrogen-bond acceptors (Lipinski definition) is 5. The summed E-state index contributed by atoms with van der Waals surface area (Å²) in [6.45, 7) is 2.91. The fraction of sp³-hybridized carbons (Fsp3) is 0.290. The van der Waals surface area contributed by atoms with Crippen molar-refractivity contribution in [3.8, 4) is 11.5 Å². The highest BCUT2D eigenvalue weighted by Crippen LogP contribution is 2.29. The van der Waals surface area contributed by atoms with E-state index in [1.54, 1.807) is 7.11 Å². The van der Waals surface area contributed by atoms with Crippen LogP contribution in [0.5, 0.6) is 11.5 Å². The number of aromatic nitrogens is 2. The molecule has 2 N–H and O–H groups in total. The predicted octanol–water partition coefficient (Wildman–Crippen LogP) is 4.56. The summed E-state index contributed by atoms with van der Waals surface area (Å²) in [5.74, 6) is 2.12. The van der Waals surface area contributed by atoms with Gasteiger partial charge in [-0.05, 0) is 35.2 Å². The molecule has 0 unspecified atom stereocenters. The quantitative estimate of drug-likeness (QED) is 0.251. The molecule has 0 saturated carbocycles. The van der Waals surface area contributed by atoms with Crippen molar-refractivity contribution >= 4 is 5.91 Å². The molecule has 7 nitrogen and oxygen atoms in total. The van der Waals surface area contributed by atoms with E-state index < -0.39 is 0 Å². The van der Waals surface area contributed by atoms with Gasteiger partial charge in [0.1, 0.15) is 5.82 Å². The number of rotatable bonds is 14. The van der Waals surface area contributed by atoms with Crippen LogP contribution in [-0.4, -0.2) is 47.2 Å². The van der Waals surface area contributed by atoms with Gasteiger partial charge in [-0.15, -0.1) is 0 Å². The molecule has 4 aromatic rings. The van der Waals surface area contributed by atoms with Gasteiger partial charge in [0.05, 0.1) is 26.7 Å². The van der Waals surface area contributed by atoms with Gasteiger partial charge in [0, 0.05) is 38.4 Å². The first-order chi connectivity index (χ1) is 18.5. The number of aryl methyl sites for hydroxylation is 1. The molecule has 0 radical (unpaired) electrons. The minimum Gasteiger partial charge on any atom is -0.493 e. The number of carbonyl (C=O) groups excluding carboxylic acids is 1. The summed E-state index contributed by atoms with van der Waals surface area (Å²) in [6.07, 6.45) is 4.80. The molecule has 0 aliphatic rings. The summed E-state index contributed by atoms with van der Waals surface area (Å²) in [6, 6.07) is 26.8. The third-order valence-electron chi connectivity index (χ3n) is 6.61. The van der Waals surface area contributed by atoms with Crippen LogP contribution in [0.4, 0.5) is 0 Å². The zero-order valence-electron chi connectivity index (χ0n) is 22.1. The van der Waals surface area contributed by atoms with Crippen LogP contribution in [0.3, 0.4) is 0 Å². The van der Waals surface area contributed by atoms with Crippen LogP contribution in [-0.2, 0) is 24.8 Å². The van der Waals surface area contributed by atoms with Crippen LogP contribution in [0, 0.1) is 0 Å². The van der Waals surface area contributed by atoms with Gasteiger partial charge in [-0.3, -0.25) is 9.69 Å². The molecule has 198 valence electrons. The Morgan fingerprint density at radius 3 is 2.26 bits per heavy atom. The molecule has 0 aliphatic carbocycles. The minimum atomic E-state index is -0.377. The highest BCUT2D eigenvalue weighted by Gasteiger charge is 2.20. The standard InChI is InChI=1S/C31H36N4O3/c1-34-18-16-33-31(34)23-35(22-27(25-10-5-3-6-11-25)26-12-7-4-8-13-26)17-9-19-38-29-20-24(21-30(32)36)14-15-28(29)37-2/h3-8,10-16,18,20,27H,9,17,19,21-23H2,1-2H3,(H2,32,36). The molecule has 0 bridgehead atoms. The number of benzene rings is 3. The second kappa shape index (κ2) is 13.4. The molecule has 1 amide bonds. The lowest BCUT2D eigenvalue weighted by atomic mass is 9.90. The maximum Gasteiger partial charge on any atom is 0.221 e. The molecule has 3 aromatic carbocycles. The van der Waals surface area contributed by atoms with Gasteiger partial charge < -0.3 is 19.8 Å². The Hall–Kier alpha value is -4.10. The third-order valence-corrected chi connectivity index (χ3v) is 6.61. The van der Waals surface area contributed by atoms with E-state index >= 15 is 0 Å². The van der Waals surface area contributed by atoms with Gasteiger partial charge >= 0.3 is 0 Å². The van der Waals surface area contributed by atoms with E-state index in [9.17, 15) is 4.79 Å². The summed E-state index contributed by atoms with van der Waals surface area (Å²) >= 11 is 0. The predicted molar refractivity (Wildman–Crippen MR) is 149 cm³/mol. The number of carbonyl (C=O) groups is 1. The van der Waals surface area contributed by atoms with E-state index in [1.165, 1.54) is 11.1 Å². The molecule has 4 rings (SSSR count). The highest BCUT2D eigenvalue weighted by molar-refractivity contribution is 5.76. The number of imidazole rings is 1. The number of amides is 1. The van der Waals surface area contributed by atoms with Gasteiger partial charge in [-0.1, -0.05) is 66.7 Å². The van der Waals surface area contributed by atoms with Gasteiger partial charge in [0.15, 0.2) is 11.5 Å². The van der Waals surface area contributed by atoms with Gasteiger partial charge in [0.2, 0.25) is 5.91 Å². The van der Waals surface area contributed by atoms with Crippen molar-refractivity contribution in [2.24, 2.45) is 12.8 Å². The van der Waals surface area contributed by atoms with Crippen molar-refractivity contribution in [2.45, 2.75) is 25.3 Å². The Kier molecular flexibility index (Phi) is 9.54. The Bertz CT molecular complexity index is 1250. The smallest absolute Gasteiger partial charge is 0.221 e. The first-order valence-electron chi connectivity index (χ1n) is 12.9. The van der Waals surface area contributed by atoms with Crippen LogP contribution < -0.4 is 15.2 Å². The van der Waals surface area contributed by atoms with Crippen molar-refractivity contribution in [1.29, 1.82) is 0 Å². The van der Waals surface area contributed by atoms with Crippen molar-refractivity contribution in [2.75, 3.05) is 26.8 Å². The maximum atomic E-state index is 11.4. The van der Waals surface area contributed by atoms with Crippen LogP contribution >= 0.6 is 0 Å². The maximum absolute atomic E-state index is 11.4. The lowest BCUT2D eigenvalue weighted by molar-refractivity contribution is -0.117. The molecule has 0 fully saturated rings. The SMILES string of the molecule is COc1ccc(CC(N)=O)cc1OCCCN(Cc1nccn1C)CC(c1ccccc1)c1ccccc1. The molecule has 1 heterocycles. The molecule has 1 aromatic heterocycles. The lowest BCUT2D eigenvalue weighted by Crippen LogP contribution is -2.31. The number of nitrogens with two attached hydrogens (primary N) is 1. The van der Waals surface area contributed by atoms with E-state index in [1.807, 2.05) is 37.6 Å². The molecule has 0 atom stereocenters. The van der Waals surface area contributed by atoms with Crippen LogP contribution in [0.25, 0.3) is 0 Å². The molecule has 7 heteroatoms. The summed E-state index contributed by atoms with van der Waals surface area (Å²) in [5, 5.41) is 0. The Morgan fingerprint density at radius 1 is 1.00 bits per heavy atom. The van der Waals surface area contributed by atoms with E-state index in [0.717, 1.165) is 37.4 Å². The third kappa shape index (κ3) is 7.46. The minimum absolute atomic E-state index is 0.165. The Balaban J connectivity index is 1.48. The van der Waals surface area contributed by atoms with Gasteiger partial charge in [0.25, 0.3) is 0 Å². The summed E-state index contributed by atoms with van der Waals surface area (Å²) < 4.78 is 13.6. The second-order valence-electron chi connectivity index (χ2n) is 9.39. The van der Waals surface area contributed by atoms with E-state index in [4.69, 9.17) is 15.2 Å². The average molecular weight is 513 g/mol. The van der Waals surface area contributed by atoms with Crippen molar-refractivity contribution in [3.05, 3.63) is 114 Å². The molecule has 38 heavy (non-hydrogen) atoms. The monoisotopic (exact) mass is 512 g/mol.